The number of hydrogen-bond acceptors (Lipinski definition) is 3. The van der Waals surface area contributed by atoms with Crippen LogP contribution >= 0.6 is 0 Å². The molecule has 0 aromatic carbocycles. The third-order valence-electron chi connectivity index (χ3n) is 4.75. The highest BCUT2D eigenvalue weighted by Gasteiger charge is 2.49. The van der Waals surface area contributed by atoms with E-state index in [4.69, 9.17) is 4.74 Å². The van der Waals surface area contributed by atoms with Crippen molar-refractivity contribution < 1.29 is 26.9 Å². The van der Waals surface area contributed by atoms with Crippen LogP contribution in [0.5, 0.6) is 0 Å². The van der Waals surface area contributed by atoms with Crippen LogP contribution in [-0.4, -0.2) is 33.8 Å². The molecule has 0 aromatic heterocycles. The molecule has 3 atom stereocenters. The van der Waals surface area contributed by atoms with Crippen LogP contribution in [0, 0.1) is 5.92 Å². The second-order valence-corrected chi connectivity index (χ2v) is 10.5. The van der Waals surface area contributed by atoms with E-state index < -0.39 is 39.8 Å². The summed E-state index contributed by atoms with van der Waals surface area (Å²) >= 11 is 0. The van der Waals surface area contributed by atoms with E-state index in [1.54, 1.807) is 27.7 Å². The molecule has 0 saturated heterocycles. The Balaban J connectivity index is 4.85. The molecule has 0 heterocycles. The van der Waals surface area contributed by atoms with E-state index in [0.29, 0.717) is 6.42 Å². The Morgan fingerprint density at radius 1 is 0.931 bits per heavy atom. The van der Waals surface area contributed by atoms with Gasteiger partial charge in [0, 0.05) is 0 Å². The standard InChI is InChI=1S/C21H40F3NO3S/c1-6-8-9-10-11-12-13-14-15-16-17(19(26)28-7-2)18(21(22,23)24)25-29(27)20(3,4)5/h17-18,25H,6-16H2,1-5H3/t17-,18-,29-/m1/s1. The van der Waals surface area contributed by atoms with E-state index in [1.165, 1.54) is 25.7 Å². The van der Waals surface area contributed by atoms with E-state index in [0.717, 1.165) is 25.7 Å². The van der Waals surface area contributed by atoms with E-state index in [2.05, 4.69) is 11.6 Å². The van der Waals surface area contributed by atoms with Gasteiger partial charge in [0.1, 0.15) is 6.04 Å². The van der Waals surface area contributed by atoms with Gasteiger partial charge in [-0.3, -0.25) is 4.79 Å². The van der Waals surface area contributed by atoms with Gasteiger partial charge < -0.3 is 4.74 Å². The van der Waals surface area contributed by atoms with Crippen LogP contribution in [0.3, 0.4) is 0 Å². The lowest BCUT2D eigenvalue weighted by molar-refractivity contribution is -0.179. The zero-order valence-corrected chi connectivity index (χ0v) is 19.5. The van der Waals surface area contributed by atoms with Crippen LogP contribution in [0.25, 0.3) is 0 Å². The SMILES string of the molecule is CCCCCCCCCCC[C@@H](C(=O)OCC)[C@@H](N[S@](=O)C(C)(C)C)C(F)(F)F. The molecule has 0 aliphatic heterocycles. The van der Waals surface area contributed by atoms with Crippen molar-refractivity contribution in [2.24, 2.45) is 5.92 Å². The summed E-state index contributed by atoms with van der Waals surface area (Å²) < 4.78 is 59.5. The van der Waals surface area contributed by atoms with Gasteiger partial charge >= 0.3 is 12.1 Å². The molecule has 29 heavy (non-hydrogen) atoms. The summed E-state index contributed by atoms with van der Waals surface area (Å²) in [7, 11) is -1.95. The number of unbranched alkanes of at least 4 members (excludes halogenated alkanes) is 8. The third kappa shape index (κ3) is 12.6. The number of rotatable bonds is 15. The lowest BCUT2D eigenvalue weighted by Gasteiger charge is -2.30. The molecule has 8 heteroatoms. The van der Waals surface area contributed by atoms with Crippen LogP contribution in [-0.2, 0) is 20.5 Å². The fourth-order valence-electron chi connectivity index (χ4n) is 3.01. The summed E-state index contributed by atoms with van der Waals surface area (Å²) in [6.07, 6.45) is 4.65. The maximum atomic E-state index is 13.7. The predicted octanol–water partition coefficient (Wildman–Crippen LogP) is 6.07. The third-order valence-corrected chi connectivity index (χ3v) is 6.33. The monoisotopic (exact) mass is 443 g/mol. The zero-order chi connectivity index (χ0) is 22.5. The molecule has 0 rings (SSSR count). The van der Waals surface area contributed by atoms with Crippen molar-refractivity contribution in [3.05, 3.63) is 0 Å². The van der Waals surface area contributed by atoms with E-state index in [-0.39, 0.29) is 13.0 Å². The van der Waals surface area contributed by atoms with Gasteiger partial charge in [-0.05, 0) is 34.1 Å². The van der Waals surface area contributed by atoms with Gasteiger partial charge in [0.2, 0.25) is 0 Å². The van der Waals surface area contributed by atoms with Crippen LogP contribution < -0.4 is 4.72 Å². The molecular formula is C21H40F3NO3S. The molecule has 0 bridgehead atoms. The van der Waals surface area contributed by atoms with Crippen molar-refractivity contribution in [2.45, 2.75) is 116 Å². The molecule has 0 aromatic rings. The first kappa shape index (κ1) is 28.4. The number of hydrogen-bond donors (Lipinski definition) is 1. The highest BCUT2D eigenvalue weighted by atomic mass is 32.2. The first-order chi connectivity index (χ1) is 13.4. The maximum absolute atomic E-state index is 13.7. The van der Waals surface area contributed by atoms with Crippen molar-refractivity contribution in [1.82, 2.24) is 4.72 Å². The fourth-order valence-corrected chi connectivity index (χ4v) is 3.90. The molecule has 4 nitrogen and oxygen atoms in total. The van der Waals surface area contributed by atoms with Gasteiger partial charge in [0.25, 0.3) is 0 Å². The van der Waals surface area contributed by atoms with E-state index in [9.17, 15) is 22.2 Å². The largest absolute Gasteiger partial charge is 0.466 e. The zero-order valence-electron chi connectivity index (χ0n) is 18.7. The average molecular weight is 444 g/mol. The summed E-state index contributed by atoms with van der Waals surface area (Å²) in [5, 5.41) is 0. The molecule has 0 saturated carbocycles. The maximum Gasteiger partial charge on any atom is 0.405 e. The van der Waals surface area contributed by atoms with Crippen molar-refractivity contribution in [2.75, 3.05) is 6.61 Å². The Bertz CT molecular complexity index is 479. The molecule has 0 spiro atoms. The minimum absolute atomic E-state index is 0.0139. The van der Waals surface area contributed by atoms with Gasteiger partial charge in [0.05, 0.1) is 28.3 Å². The average Bonchev–Trinajstić information content (AvgIpc) is 2.60. The molecule has 0 unspecified atom stereocenters. The quantitative estimate of drug-likeness (QED) is 0.247. The second kappa shape index (κ2) is 14.4. The molecule has 0 radical (unpaired) electrons. The van der Waals surface area contributed by atoms with Crippen LogP contribution in [0.15, 0.2) is 0 Å². The van der Waals surface area contributed by atoms with E-state index >= 15 is 0 Å². The number of alkyl halides is 3. The van der Waals surface area contributed by atoms with Gasteiger partial charge in [-0.2, -0.15) is 13.2 Å². The van der Waals surface area contributed by atoms with Crippen molar-refractivity contribution in [1.29, 1.82) is 0 Å². The molecular weight excluding hydrogens is 403 g/mol. The molecule has 1 N–H and O–H groups in total. The summed E-state index contributed by atoms with van der Waals surface area (Å²) in [4.78, 5) is 12.3. The Morgan fingerprint density at radius 3 is 1.83 bits per heavy atom. The lowest BCUT2D eigenvalue weighted by Crippen LogP contribution is -2.53. The topological polar surface area (TPSA) is 55.4 Å². The van der Waals surface area contributed by atoms with Crippen LogP contribution in [0.4, 0.5) is 13.2 Å². The van der Waals surface area contributed by atoms with Crippen LogP contribution in [0.1, 0.15) is 98.8 Å². The number of ether oxygens (including phenoxy) is 1. The lowest BCUT2D eigenvalue weighted by atomic mass is 9.93. The molecule has 0 amide bonds. The summed E-state index contributed by atoms with van der Waals surface area (Å²) in [6, 6.07) is -2.18. The number of halogens is 3. The van der Waals surface area contributed by atoms with Crippen molar-refractivity contribution in [3.8, 4) is 0 Å². The number of esters is 1. The normalized spacial score (nSPS) is 15.7. The van der Waals surface area contributed by atoms with Crippen LogP contribution in [0.2, 0.25) is 0 Å². The smallest absolute Gasteiger partial charge is 0.405 e. The van der Waals surface area contributed by atoms with Crippen molar-refractivity contribution >= 4 is 17.0 Å². The van der Waals surface area contributed by atoms with Gasteiger partial charge in [0.15, 0.2) is 0 Å². The highest BCUT2D eigenvalue weighted by Crippen LogP contribution is 2.31. The Labute approximate surface area is 177 Å². The minimum Gasteiger partial charge on any atom is -0.466 e. The predicted molar refractivity (Wildman–Crippen MR) is 113 cm³/mol. The molecule has 174 valence electrons. The summed E-state index contributed by atoms with van der Waals surface area (Å²) in [5.41, 5.74) is 0. The fraction of sp³-hybridized carbons (Fsp3) is 0.952. The Morgan fingerprint density at radius 2 is 1.41 bits per heavy atom. The first-order valence-electron chi connectivity index (χ1n) is 10.9. The first-order valence-corrected chi connectivity index (χ1v) is 12.0. The Hall–Kier alpha value is -0.630. The molecule has 0 aliphatic rings. The number of nitrogens with one attached hydrogen (secondary N) is 1. The molecule has 0 fully saturated rings. The summed E-state index contributed by atoms with van der Waals surface area (Å²) in [6.45, 7) is 8.51. The van der Waals surface area contributed by atoms with Crippen molar-refractivity contribution in [3.63, 3.8) is 0 Å². The van der Waals surface area contributed by atoms with E-state index in [1.807, 2.05) is 0 Å². The molecule has 0 aliphatic carbocycles. The highest BCUT2D eigenvalue weighted by molar-refractivity contribution is 7.84. The number of carbonyl (C=O) groups is 1. The van der Waals surface area contributed by atoms with Gasteiger partial charge in [-0.1, -0.05) is 64.7 Å². The second-order valence-electron chi connectivity index (χ2n) is 8.49. The van der Waals surface area contributed by atoms with Gasteiger partial charge in [-0.25, -0.2) is 8.93 Å². The minimum atomic E-state index is -4.70. The summed E-state index contributed by atoms with van der Waals surface area (Å²) in [5.74, 6) is -2.28. The Kier molecular flexibility index (Phi) is 14.1. The van der Waals surface area contributed by atoms with Gasteiger partial charge in [-0.15, -0.1) is 0 Å². The number of carbonyl (C=O) groups excluding carboxylic acids is 1.